The van der Waals surface area contributed by atoms with Gasteiger partial charge in [-0.25, -0.2) is 4.68 Å². The number of alkyl halides is 3. The minimum absolute atomic E-state index is 0.0216. The summed E-state index contributed by atoms with van der Waals surface area (Å²) >= 11 is 1.70. The topological polar surface area (TPSA) is 54.8 Å². The fourth-order valence-corrected chi connectivity index (χ4v) is 4.45. The Morgan fingerprint density at radius 3 is 2.92 bits per heavy atom. The van der Waals surface area contributed by atoms with Gasteiger partial charge in [0.25, 0.3) is 0 Å². The molecule has 1 saturated heterocycles. The van der Waals surface area contributed by atoms with Crippen molar-refractivity contribution >= 4 is 11.3 Å². The number of rotatable bonds is 2. The Balaban J connectivity index is 1.53. The zero-order chi connectivity index (χ0) is 16.7. The third-order valence-corrected chi connectivity index (χ3v) is 5.93. The summed E-state index contributed by atoms with van der Waals surface area (Å²) in [4.78, 5) is 2.39. The van der Waals surface area contributed by atoms with Crippen molar-refractivity contribution in [2.75, 3.05) is 19.6 Å². The molecule has 130 valence electrons. The van der Waals surface area contributed by atoms with E-state index in [9.17, 15) is 13.2 Å². The van der Waals surface area contributed by atoms with E-state index in [1.54, 1.807) is 22.2 Å². The highest BCUT2D eigenvalue weighted by atomic mass is 32.1. The van der Waals surface area contributed by atoms with E-state index in [4.69, 9.17) is 0 Å². The molecule has 2 aromatic heterocycles. The highest BCUT2D eigenvalue weighted by Gasteiger charge is 2.42. The van der Waals surface area contributed by atoms with Crippen LogP contribution in [-0.4, -0.2) is 40.8 Å². The van der Waals surface area contributed by atoms with Crippen LogP contribution < -0.4 is 10.6 Å². The van der Waals surface area contributed by atoms with E-state index in [0.717, 1.165) is 30.1 Å². The van der Waals surface area contributed by atoms with E-state index in [-0.39, 0.29) is 19.0 Å². The van der Waals surface area contributed by atoms with Gasteiger partial charge in [-0.15, -0.1) is 16.4 Å². The van der Waals surface area contributed by atoms with Crippen molar-refractivity contribution in [3.8, 4) is 10.6 Å². The first-order valence-electron chi connectivity index (χ1n) is 8.02. The van der Waals surface area contributed by atoms with Crippen molar-refractivity contribution in [1.29, 1.82) is 0 Å². The summed E-state index contributed by atoms with van der Waals surface area (Å²) in [7, 11) is 0. The molecule has 4 rings (SSSR count). The molecule has 2 N–H and O–H groups in total. The predicted octanol–water partition coefficient (Wildman–Crippen LogP) is 2.37. The second kappa shape index (κ2) is 6.12. The maximum Gasteiger partial charge on any atom is 0.393 e. The number of hydrogen-bond donors (Lipinski definition) is 2. The molecule has 0 radical (unpaired) electrons. The van der Waals surface area contributed by atoms with Gasteiger partial charge in [0.15, 0.2) is 0 Å². The lowest BCUT2D eigenvalue weighted by Crippen LogP contribution is -2.43. The maximum absolute atomic E-state index is 12.9. The van der Waals surface area contributed by atoms with Crippen LogP contribution in [-0.2, 0) is 13.0 Å². The molecule has 2 aromatic rings. The van der Waals surface area contributed by atoms with E-state index in [1.165, 1.54) is 10.4 Å². The van der Waals surface area contributed by atoms with Crippen LogP contribution >= 0.6 is 11.3 Å². The molecule has 2 atom stereocenters. The summed E-state index contributed by atoms with van der Waals surface area (Å²) in [5.74, 6) is -1.33. The third-order valence-electron chi connectivity index (χ3n) is 4.67. The maximum atomic E-state index is 12.9. The van der Waals surface area contributed by atoms with Gasteiger partial charge in [-0.2, -0.15) is 13.2 Å². The number of halogens is 3. The molecule has 5 nitrogen and oxygen atoms in total. The zero-order valence-corrected chi connectivity index (χ0v) is 13.8. The summed E-state index contributed by atoms with van der Waals surface area (Å²) in [6, 6.07) is 1.79. The molecule has 0 aliphatic carbocycles. The lowest BCUT2D eigenvalue weighted by atomic mass is 9.95. The first kappa shape index (κ1) is 16.0. The molecule has 0 amide bonds. The molecule has 0 bridgehead atoms. The molecular weight excluding hydrogens is 339 g/mol. The number of thiophene rings is 1. The molecule has 2 aliphatic rings. The number of nitrogens with zero attached hydrogens (tertiary/aromatic N) is 3. The van der Waals surface area contributed by atoms with Crippen LogP contribution in [0.15, 0.2) is 12.3 Å². The first-order chi connectivity index (χ1) is 11.5. The number of nitrogens with one attached hydrogen (secondary N) is 2. The first-order valence-corrected chi connectivity index (χ1v) is 8.84. The van der Waals surface area contributed by atoms with Crippen molar-refractivity contribution in [3.63, 3.8) is 0 Å². The molecule has 1 fully saturated rings. The van der Waals surface area contributed by atoms with Crippen molar-refractivity contribution in [2.24, 2.45) is 5.92 Å². The normalized spacial score (nSPS) is 24.8. The molecule has 2 unspecified atom stereocenters. The average molecular weight is 357 g/mol. The van der Waals surface area contributed by atoms with Gasteiger partial charge in [0.1, 0.15) is 5.69 Å². The number of aromatic nitrogens is 3. The zero-order valence-electron chi connectivity index (χ0n) is 12.9. The fraction of sp³-hybridized carbons (Fsp3) is 0.600. The van der Waals surface area contributed by atoms with Crippen molar-refractivity contribution in [1.82, 2.24) is 25.6 Å². The molecule has 24 heavy (non-hydrogen) atoms. The largest absolute Gasteiger partial charge is 0.393 e. The second-order valence-corrected chi connectivity index (χ2v) is 7.49. The average Bonchev–Trinajstić information content (AvgIpc) is 3.21. The summed E-state index contributed by atoms with van der Waals surface area (Å²) in [5.41, 5.74) is 2.02. The monoisotopic (exact) mass is 357 g/mol. The molecule has 0 aromatic carbocycles. The van der Waals surface area contributed by atoms with Crippen LogP contribution in [0.25, 0.3) is 10.6 Å². The summed E-state index contributed by atoms with van der Waals surface area (Å²) in [6.45, 7) is 2.30. The fourth-order valence-electron chi connectivity index (χ4n) is 3.32. The second-order valence-electron chi connectivity index (χ2n) is 6.36. The Labute approximate surface area is 141 Å². The summed E-state index contributed by atoms with van der Waals surface area (Å²) < 4.78 is 40.4. The van der Waals surface area contributed by atoms with Crippen LogP contribution in [0, 0.1) is 5.92 Å². The minimum atomic E-state index is -4.17. The highest BCUT2D eigenvalue weighted by molar-refractivity contribution is 7.15. The van der Waals surface area contributed by atoms with Crippen LogP contribution in [0.5, 0.6) is 0 Å². The quantitative estimate of drug-likeness (QED) is 0.866. The van der Waals surface area contributed by atoms with E-state index in [0.29, 0.717) is 6.54 Å². The van der Waals surface area contributed by atoms with E-state index in [2.05, 4.69) is 27.0 Å². The number of piperidine rings is 1. The smallest absolute Gasteiger partial charge is 0.314 e. The van der Waals surface area contributed by atoms with Crippen LogP contribution in [0.3, 0.4) is 0 Å². The third kappa shape index (κ3) is 3.07. The number of fused-ring (bicyclic) bond motifs is 1. The molecule has 0 spiro atoms. The van der Waals surface area contributed by atoms with Crippen molar-refractivity contribution in [2.45, 2.75) is 31.6 Å². The highest BCUT2D eigenvalue weighted by Crippen LogP contribution is 2.35. The van der Waals surface area contributed by atoms with Gasteiger partial charge in [-0.3, -0.25) is 0 Å². The van der Waals surface area contributed by atoms with Gasteiger partial charge >= 0.3 is 6.18 Å². The lowest BCUT2D eigenvalue weighted by molar-refractivity contribution is -0.181. The van der Waals surface area contributed by atoms with Crippen LogP contribution in [0.2, 0.25) is 0 Å². The molecule has 0 saturated carbocycles. The van der Waals surface area contributed by atoms with Crippen LogP contribution in [0.4, 0.5) is 13.2 Å². The number of hydrogen-bond acceptors (Lipinski definition) is 5. The van der Waals surface area contributed by atoms with Crippen molar-refractivity contribution in [3.05, 3.63) is 22.7 Å². The van der Waals surface area contributed by atoms with Gasteiger partial charge in [0, 0.05) is 31.1 Å². The summed E-state index contributed by atoms with van der Waals surface area (Å²) in [5, 5.41) is 14.5. The van der Waals surface area contributed by atoms with Gasteiger partial charge in [0.05, 0.1) is 23.0 Å². The lowest BCUT2D eigenvalue weighted by Gasteiger charge is -2.31. The predicted molar refractivity (Wildman–Crippen MR) is 84.8 cm³/mol. The summed E-state index contributed by atoms with van der Waals surface area (Å²) in [6.07, 6.45) is -1.34. The van der Waals surface area contributed by atoms with Gasteiger partial charge in [-0.1, -0.05) is 5.21 Å². The molecule has 9 heteroatoms. The Bertz CT molecular complexity index is 700. The van der Waals surface area contributed by atoms with Gasteiger partial charge < -0.3 is 10.6 Å². The Hall–Kier alpha value is -1.45. The molecule has 2 aliphatic heterocycles. The Morgan fingerprint density at radius 1 is 1.25 bits per heavy atom. The standard InChI is InChI=1S/C15H18F3N5S/c16-15(17,18)10-4-11(7-20-6-10)23-8-12(21-22-23)14-3-9-5-19-2-1-13(9)24-14/h3,8,10-11,19-20H,1-2,4-7H2. The SMILES string of the molecule is FC(F)(F)C1CNCC(n2cc(-c3cc4c(s3)CCNC4)nn2)C1. The van der Waals surface area contributed by atoms with Crippen LogP contribution in [0.1, 0.15) is 22.9 Å². The van der Waals surface area contributed by atoms with E-state index < -0.39 is 12.1 Å². The molecular formula is C15H18F3N5S. The Kier molecular flexibility index (Phi) is 4.09. The van der Waals surface area contributed by atoms with E-state index in [1.807, 2.05) is 0 Å². The van der Waals surface area contributed by atoms with E-state index >= 15 is 0 Å². The molecule has 4 heterocycles. The Morgan fingerprint density at radius 2 is 2.12 bits per heavy atom. The van der Waals surface area contributed by atoms with Crippen molar-refractivity contribution < 1.29 is 13.2 Å². The van der Waals surface area contributed by atoms with Gasteiger partial charge in [-0.05, 0) is 24.5 Å². The van der Waals surface area contributed by atoms with Gasteiger partial charge in [0.2, 0.25) is 0 Å². The minimum Gasteiger partial charge on any atom is -0.314 e.